The minimum atomic E-state index is -0.852. The number of nitrogens with zero attached hydrogens (tertiary/aromatic N) is 3. The van der Waals surface area contributed by atoms with Crippen molar-refractivity contribution in [2.75, 3.05) is 33.3 Å². The van der Waals surface area contributed by atoms with Crippen LogP contribution in [0.1, 0.15) is 61.4 Å². The number of piperazine rings is 1. The van der Waals surface area contributed by atoms with Gasteiger partial charge in [-0.1, -0.05) is 48.5 Å². The van der Waals surface area contributed by atoms with Crippen molar-refractivity contribution in [3.63, 3.8) is 0 Å². The monoisotopic (exact) mass is 653 g/mol. The summed E-state index contributed by atoms with van der Waals surface area (Å²) in [6.45, 7) is 5.60. The molecule has 2 aliphatic heterocycles. The van der Waals surface area contributed by atoms with Crippen LogP contribution in [0.4, 0.5) is 0 Å². The quantitative estimate of drug-likeness (QED) is 0.217. The number of nitrogens with one attached hydrogen (secondary N) is 2. The second-order valence-corrected chi connectivity index (χ2v) is 13.4. The molecule has 1 aromatic heterocycles. The second kappa shape index (κ2) is 15.2. The Hall–Kier alpha value is -4.09. The number of hydrogen-bond acceptors (Lipinski definition) is 8. The molecule has 0 aliphatic carbocycles. The SMILES string of the molecule is COc1ccc(CN2CCN[C@@H]([C@@H](O)[C@H](Cc3ccccc3)NC(=O)c3cccc(C(=O)N4CCCC4c4nc(C)cs4)c3)C2)cc1. The Morgan fingerprint density at radius 2 is 1.83 bits per heavy atom. The molecular formula is C37H43N5O4S. The van der Waals surface area contributed by atoms with Crippen molar-refractivity contribution in [3.8, 4) is 5.75 Å². The number of thiazole rings is 1. The first-order valence-corrected chi connectivity index (χ1v) is 17.2. The number of carbonyl (C=O) groups is 2. The predicted octanol–water partition coefficient (Wildman–Crippen LogP) is 4.61. The highest BCUT2D eigenvalue weighted by Crippen LogP contribution is 2.35. The van der Waals surface area contributed by atoms with Gasteiger partial charge in [0.2, 0.25) is 0 Å². The summed E-state index contributed by atoms with van der Waals surface area (Å²) in [6, 6.07) is 24.0. The summed E-state index contributed by atoms with van der Waals surface area (Å²) in [5.74, 6) is 0.404. The predicted molar refractivity (Wildman–Crippen MR) is 184 cm³/mol. The molecule has 6 rings (SSSR count). The molecule has 3 N–H and O–H groups in total. The Bertz CT molecular complexity index is 1650. The van der Waals surface area contributed by atoms with Crippen LogP contribution in [0.15, 0.2) is 84.2 Å². The summed E-state index contributed by atoms with van der Waals surface area (Å²) in [6.07, 6.45) is 1.41. The van der Waals surface area contributed by atoms with E-state index in [9.17, 15) is 14.7 Å². The van der Waals surface area contributed by atoms with Crippen LogP contribution in [-0.4, -0.2) is 83.2 Å². The van der Waals surface area contributed by atoms with Crippen molar-refractivity contribution < 1.29 is 19.4 Å². The van der Waals surface area contributed by atoms with E-state index in [-0.39, 0.29) is 23.9 Å². The third kappa shape index (κ3) is 8.08. The van der Waals surface area contributed by atoms with E-state index in [1.807, 2.05) is 59.7 Å². The maximum absolute atomic E-state index is 13.8. The molecule has 0 spiro atoms. The number of likely N-dealkylation sites (tertiary alicyclic amines) is 1. The fourth-order valence-electron chi connectivity index (χ4n) is 6.61. The Kier molecular flexibility index (Phi) is 10.6. The number of carbonyl (C=O) groups excluding carboxylic acids is 2. The Balaban J connectivity index is 1.16. The summed E-state index contributed by atoms with van der Waals surface area (Å²) in [7, 11) is 1.66. The third-order valence-electron chi connectivity index (χ3n) is 9.10. The number of ether oxygens (including phenoxy) is 1. The average molecular weight is 654 g/mol. The maximum atomic E-state index is 13.8. The topological polar surface area (TPSA) is 107 Å². The van der Waals surface area contributed by atoms with E-state index >= 15 is 0 Å². The van der Waals surface area contributed by atoms with Crippen LogP contribution in [0.3, 0.4) is 0 Å². The zero-order valence-corrected chi connectivity index (χ0v) is 27.8. The molecule has 9 nitrogen and oxygen atoms in total. The van der Waals surface area contributed by atoms with E-state index in [0.717, 1.165) is 54.5 Å². The molecule has 2 fully saturated rings. The van der Waals surface area contributed by atoms with Gasteiger partial charge >= 0.3 is 0 Å². The number of benzene rings is 3. The average Bonchev–Trinajstić information content (AvgIpc) is 3.77. The summed E-state index contributed by atoms with van der Waals surface area (Å²) in [5, 5.41) is 21.4. The van der Waals surface area contributed by atoms with E-state index in [2.05, 4.69) is 32.7 Å². The van der Waals surface area contributed by atoms with Crippen molar-refractivity contribution in [1.29, 1.82) is 0 Å². The number of aliphatic hydroxyl groups is 1. The van der Waals surface area contributed by atoms with Crippen molar-refractivity contribution in [2.24, 2.45) is 0 Å². The van der Waals surface area contributed by atoms with Gasteiger partial charge in [-0.05, 0) is 67.6 Å². The van der Waals surface area contributed by atoms with Crippen LogP contribution >= 0.6 is 11.3 Å². The van der Waals surface area contributed by atoms with Crippen LogP contribution < -0.4 is 15.4 Å². The summed E-state index contributed by atoms with van der Waals surface area (Å²) in [5.41, 5.74) is 4.01. The lowest BCUT2D eigenvalue weighted by atomic mass is 9.94. The number of amides is 2. The molecule has 0 bridgehead atoms. The van der Waals surface area contributed by atoms with Crippen molar-refractivity contribution >= 4 is 23.2 Å². The van der Waals surface area contributed by atoms with E-state index in [4.69, 9.17) is 4.74 Å². The fraction of sp³-hybridized carbons (Fsp3) is 0.378. The first-order valence-electron chi connectivity index (χ1n) is 16.3. The van der Waals surface area contributed by atoms with E-state index in [1.54, 1.807) is 42.7 Å². The van der Waals surface area contributed by atoms with Crippen LogP contribution in [0.2, 0.25) is 0 Å². The van der Waals surface area contributed by atoms with Crippen LogP contribution in [0.5, 0.6) is 5.75 Å². The highest BCUT2D eigenvalue weighted by molar-refractivity contribution is 7.09. The Morgan fingerprint density at radius 3 is 2.57 bits per heavy atom. The minimum Gasteiger partial charge on any atom is -0.497 e. The van der Waals surface area contributed by atoms with Crippen molar-refractivity contribution in [1.82, 2.24) is 25.4 Å². The van der Waals surface area contributed by atoms with Crippen LogP contribution in [-0.2, 0) is 13.0 Å². The first kappa shape index (κ1) is 32.8. The third-order valence-corrected chi connectivity index (χ3v) is 10.2. The molecular weight excluding hydrogens is 611 g/mol. The van der Waals surface area contributed by atoms with Gasteiger partial charge in [0.15, 0.2) is 0 Å². The van der Waals surface area contributed by atoms with Gasteiger partial charge < -0.3 is 25.4 Å². The molecule has 10 heteroatoms. The number of aliphatic hydroxyl groups excluding tert-OH is 1. The van der Waals surface area contributed by atoms with E-state index in [1.165, 1.54) is 5.56 Å². The summed E-state index contributed by atoms with van der Waals surface area (Å²) >= 11 is 1.59. The van der Waals surface area contributed by atoms with E-state index < -0.39 is 12.1 Å². The molecule has 2 aliphatic rings. The number of methoxy groups -OCH3 is 1. The smallest absolute Gasteiger partial charge is 0.254 e. The highest BCUT2D eigenvalue weighted by atomic mass is 32.1. The summed E-state index contributed by atoms with van der Waals surface area (Å²) < 4.78 is 5.30. The van der Waals surface area contributed by atoms with Gasteiger partial charge in [-0.2, -0.15) is 0 Å². The molecule has 4 atom stereocenters. The molecule has 0 saturated carbocycles. The number of aromatic nitrogens is 1. The van der Waals surface area contributed by atoms with Gasteiger partial charge in [-0.25, -0.2) is 4.98 Å². The first-order chi connectivity index (χ1) is 22.9. The van der Waals surface area contributed by atoms with Crippen molar-refractivity contribution in [2.45, 2.75) is 57.0 Å². The number of rotatable bonds is 11. The van der Waals surface area contributed by atoms with Gasteiger partial charge in [0, 0.05) is 61.0 Å². The van der Waals surface area contributed by atoms with Crippen LogP contribution in [0.25, 0.3) is 0 Å². The van der Waals surface area contributed by atoms with E-state index in [0.29, 0.717) is 30.6 Å². The highest BCUT2D eigenvalue weighted by Gasteiger charge is 2.34. The standard InChI is InChI=1S/C37H43N5O4S/c1-25-24-47-36(39-25)33-12-7-18-42(33)37(45)29-11-6-10-28(21-29)35(44)40-31(20-26-8-4-3-5-9-26)34(43)32-23-41(19-17-38-32)22-27-13-15-30(46-2)16-14-27/h3-6,8-11,13-16,21,24,31-34,38,43H,7,12,17-20,22-23H2,1-2H3,(H,40,44)/t31-,32+,33?,34-/m0/s1. The van der Waals surface area contributed by atoms with Gasteiger partial charge in [0.25, 0.3) is 11.8 Å². The number of hydrogen-bond donors (Lipinski definition) is 3. The molecule has 3 heterocycles. The fourth-order valence-corrected chi connectivity index (χ4v) is 7.55. The minimum absolute atomic E-state index is 0.0450. The second-order valence-electron chi connectivity index (χ2n) is 12.5. The van der Waals surface area contributed by atoms with Gasteiger partial charge in [-0.3, -0.25) is 14.5 Å². The normalized spacial score (nSPS) is 19.7. The summed E-state index contributed by atoms with van der Waals surface area (Å²) in [4.78, 5) is 36.3. The van der Waals surface area contributed by atoms with Crippen molar-refractivity contribution in [3.05, 3.63) is 117 Å². The lowest BCUT2D eigenvalue weighted by Gasteiger charge is -2.39. The largest absolute Gasteiger partial charge is 0.497 e. The molecule has 4 aromatic rings. The van der Waals surface area contributed by atoms with Gasteiger partial charge in [0.05, 0.1) is 25.3 Å². The molecule has 246 valence electrons. The lowest BCUT2D eigenvalue weighted by molar-refractivity contribution is 0.0464. The van der Waals surface area contributed by atoms with Crippen LogP contribution in [0, 0.1) is 6.92 Å². The number of aryl methyl sites for hydroxylation is 1. The lowest BCUT2D eigenvalue weighted by Crippen LogP contribution is -2.61. The molecule has 2 saturated heterocycles. The Morgan fingerprint density at radius 1 is 1.04 bits per heavy atom. The van der Waals surface area contributed by atoms with Gasteiger partial charge in [-0.15, -0.1) is 11.3 Å². The molecule has 47 heavy (non-hydrogen) atoms. The zero-order valence-electron chi connectivity index (χ0n) is 27.0. The van der Waals surface area contributed by atoms with Gasteiger partial charge in [0.1, 0.15) is 10.8 Å². The molecule has 1 unspecified atom stereocenters. The Labute approximate surface area is 280 Å². The zero-order chi connectivity index (χ0) is 32.8. The maximum Gasteiger partial charge on any atom is 0.254 e. The molecule has 2 amide bonds. The molecule has 0 radical (unpaired) electrons. The molecule has 3 aromatic carbocycles.